The van der Waals surface area contributed by atoms with Crippen molar-refractivity contribution in [3.8, 4) is 0 Å². The Hall–Kier alpha value is -3.27. The number of aromatic nitrogens is 1. The van der Waals surface area contributed by atoms with Gasteiger partial charge in [-0.15, -0.1) is 0 Å². The minimum atomic E-state index is -0.839. The van der Waals surface area contributed by atoms with E-state index in [2.05, 4.69) is 25.7 Å². The van der Waals surface area contributed by atoms with E-state index in [4.69, 9.17) is 0 Å². The number of fused-ring (bicyclic) bond motifs is 1. The molecule has 0 bridgehead atoms. The molecule has 0 saturated carbocycles. The van der Waals surface area contributed by atoms with Crippen molar-refractivity contribution in [2.75, 3.05) is 17.7 Å². The third-order valence-corrected chi connectivity index (χ3v) is 5.18. The molecule has 10 heteroatoms. The molecular weight excluding hydrogens is 384 g/mol. The maximum Gasteiger partial charge on any atom is 0.350 e. The molecule has 0 fully saturated rings. The summed E-state index contributed by atoms with van der Waals surface area (Å²) in [6.45, 7) is 1.64. The zero-order chi connectivity index (χ0) is 20.3. The maximum absolute atomic E-state index is 12.3. The molecule has 3 amide bonds. The number of ether oxygens (including phenoxy) is 1. The predicted octanol–water partition coefficient (Wildman–Crippen LogP) is 1.71. The van der Waals surface area contributed by atoms with E-state index in [9.17, 15) is 19.2 Å². The van der Waals surface area contributed by atoms with E-state index in [1.54, 1.807) is 31.2 Å². The van der Waals surface area contributed by atoms with Crippen LogP contribution in [0.2, 0.25) is 0 Å². The van der Waals surface area contributed by atoms with Crippen LogP contribution in [-0.4, -0.2) is 41.8 Å². The van der Waals surface area contributed by atoms with Crippen LogP contribution in [0, 0.1) is 6.92 Å². The van der Waals surface area contributed by atoms with Gasteiger partial charge in [-0.05, 0) is 25.5 Å². The lowest BCUT2D eigenvalue weighted by Crippen LogP contribution is -2.41. The van der Waals surface area contributed by atoms with Crippen LogP contribution in [0.5, 0.6) is 0 Å². The molecule has 1 aromatic carbocycles. The Morgan fingerprint density at radius 3 is 2.79 bits per heavy atom. The third kappa shape index (κ3) is 4.17. The van der Waals surface area contributed by atoms with Crippen LogP contribution in [-0.2, 0) is 14.3 Å². The molecule has 2 heterocycles. The number of nitrogens with one attached hydrogen (secondary N) is 3. The summed E-state index contributed by atoms with van der Waals surface area (Å²) in [6.07, 6.45) is 0.104. The molecule has 0 spiro atoms. The first-order valence-electron chi connectivity index (χ1n) is 8.45. The Balaban J connectivity index is 1.60. The van der Waals surface area contributed by atoms with Crippen molar-refractivity contribution in [3.63, 3.8) is 0 Å². The van der Waals surface area contributed by atoms with Gasteiger partial charge < -0.3 is 20.7 Å². The molecule has 1 atom stereocenters. The Kier molecular flexibility index (Phi) is 5.69. The van der Waals surface area contributed by atoms with E-state index >= 15 is 0 Å². The van der Waals surface area contributed by atoms with Gasteiger partial charge in [-0.2, -0.15) is 0 Å². The minimum Gasteiger partial charge on any atom is -0.465 e. The van der Waals surface area contributed by atoms with E-state index in [0.29, 0.717) is 21.8 Å². The number of hydrogen-bond acceptors (Lipinski definition) is 7. The fraction of sp³-hybridized carbons (Fsp3) is 0.278. The minimum absolute atomic E-state index is 0.0130. The number of rotatable bonds is 5. The van der Waals surface area contributed by atoms with Crippen LogP contribution in [0.25, 0.3) is 0 Å². The molecule has 28 heavy (non-hydrogen) atoms. The number of aryl methyl sites for hydroxylation is 1. The number of nitrogens with zero attached hydrogens (tertiary/aromatic N) is 1. The maximum atomic E-state index is 12.3. The van der Waals surface area contributed by atoms with Crippen molar-refractivity contribution < 1.29 is 23.9 Å². The largest absolute Gasteiger partial charge is 0.465 e. The Morgan fingerprint density at radius 2 is 2.04 bits per heavy atom. The van der Waals surface area contributed by atoms with Gasteiger partial charge in [0.1, 0.15) is 10.9 Å². The number of benzene rings is 1. The normalized spacial score (nSPS) is 15.7. The molecular formula is C18H18N4O5S. The molecule has 3 rings (SSSR count). The van der Waals surface area contributed by atoms with Crippen LogP contribution < -0.4 is 16.0 Å². The van der Waals surface area contributed by atoms with Crippen molar-refractivity contribution in [3.05, 3.63) is 40.4 Å². The lowest BCUT2D eigenvalue weighted by molar-refractivity contribution is -0.118. The smallest absolute Gasteiger partial charge is 0.350 e. The molecule has 0 saturated heterocycles. The number of thiazole rings is 1. The Labute approximate surface area is 164 Å². The Bertz CT molecular complexity index is 955. The summed E-state index contributed by atoms with van der Waals surface area (Å²) < 4.78 is 4.66. The first-order chi connectivity index (χ1) is 13.4. The van der Waals surface area contributed by atoms with E-state index in [1.807, 2.05) is 0 Å². The number of esters is 1. The first kappa shape index (κ1) is 19.5. The fourth-order valence-electron chi connectivity index (χ4n) is 2.70. The van der Waals surface area contributed by atoms with Crippen molar-refractivity contribution in [2.45, 2.75) is 25.8 Å². The number of amides is 3. The summed E-state index contributed by atoms with van der Waals surface area (Å²) in [5.41, 5.74) is 1.27. The van der Waals surface area contributed by atoms with Gasteiger partial charge in [0, 0.05) is 6.42 Å². The molecule has 1 aromatic heterocycles. The summed E-state index contributed by atoms with van der Waals surface area (Å²) in [7, 11) is 1.27. The molecule has 1 aliphatic rings. The number of carbonyl (C=O) groups excluding carboxylic acids is 4. The second-order valence-corrected chi connectivity index (χ2v) is 7.07. The second kappa shape index (κ2) is 8.17. The van der Waals surface area contributed by atoms with Gasteiger partial charge in [-0.1, -0.05) is 23.5 Å². The SMILES string of the molecule is COC(=O)c1sc(NC(=O)CC[C@@H]2NC(=O)c3ccccc3NC2=O)nc1C. The van der Waals surface area contributed by atoms with Gasteiger partial charge in [-0.3, -0.25) is 14.4 Å². The second-order valence-electron chi connectivity index (χ2n) is 6.07. The van der Waals surface area contributed by atoms with E-state index in [0.717, 1.165) is 11.3 Å². The van der Waals surface area contributed by atoms with Crippen molar-refractivity contribution in [2.24, 2.45) is 0 Å². The van der Waals surface area contributed by atoms with Gasteiger partial charge >= 0.3 is 5.97 Å². The predicted molar refractivity (Wildman–Crippen MR) is 102 cm³/mol. The molecule has 1 aliphatic heterocycles. The summed E-state index contributed by atoms with van der Waals surface area (Å²) in [4.78, 5) is 52.8. The van der Waals surface area contributed by atoms with E-state index in [1.165, 1.54) is 7.11 Å². The number of para-hydroxylation sites is 1. The highest BCUT2D eigenvalue weighted by molar-refractivity contribution is 7.17. The van der Waals surface area contributed by atoms with Crippen LogP contribution >= 0.6 is 11.3 Å². The average Bonchev–Trinajstić information content (AvgIpc) is 2.98. The molecule has 3 N–H and O–H groups in total. The first-order valence-corrected chi connectivity index (χ1v) is 9.27. The molecule has 9 nitrogen and oxygen atoms in total. The summed E-state index contributed by atoms with van der Waals surface area (Å²) in [5.74, 6) is -1.66. The number of anilines is 2. The van der Waals surface area contributed by atoms with E-state index < -0.39 is 12.0 Å². The monoisotopic (exact) mass is 402 g/mol. The lowest BCUT2D eigenvalue weighted by Gasteiger charge is -2.13. The van der Waals surface area contributed by atoms with E-state index in [-0.39, 0.29) is 35.7 Å². The highest BCUT2D eigenvalue weighted by Gasteiger charge is 2.28. The molecule has 0 aliphatic carbocycles. The zero-order valence-electron chi connectivity index (χ0n) is 15.2. The third-order valence-electron chi connectivity index (χ3n) is 4.13. The lowest BCUT2D eigenvalue weighted by atomic mass is 10.1. The van der Waals surface area contributed by atoms with Gasteiger partial charge in [0.2, 0.25) is 11.8 Å². The number of hydrogen-bond donors (Lipinski definition) is 3. The fourth-order valence-corrected chi connectivity index (χ4v) is 3.60. The highest BCUT2D eigenvalue weighted by atomic mass is 32.1. The van der Waals surface area contributed by atoms with Crippen molar-refractivity contribution >= 4 is 45.8 Å². The number of methoxy groups -OCH3 is 1. The van der Waals surface area contributed by atoms with Gasteiger partial charge in [0.25, 0.3) is 5.91 Å². The van der Waals surface area contributed by atoms with Crippen LogP contribution in [0.4, 0.5) is 10.8 Å². The standard InChI is InChI=1S/C18H18N4O5S/c1-9-14(17(26)27-2)28-18(19-9)22-13(23)8-7-12-16(25)20-11-6-4-3-5-10(11)15(24)21-12/h3-6,12H,7-8H2,1-2H3,(H,20,25)(H,21,24)(H,19,22,23)/t12-/m0/s1. The topological polar surface area (TPSA) is 126 Å². The summed E-state index contributed by atoms with van der Waals surface area (Å²) in [5, 5.41) is 8.19. The van der Waals surface area contributed by atoms with Crippen LogP contribution in [0.15, 0.2) is 24.3 Å². The molecule has 2 aromatic rings. The quantitative estimate of drug-likeness (QED) is 0.654. The highest BCUT2D eigenvalue weighted by Crippen LogP contribution is 2.24. The van der Waals surface area contributed by atoms with Gasteiger partial charge in [-0.25, -0.2) is 9.78 Å². The molecule has 0 radical (unpaired) electrons. The zero-order valence-corrected chi connectivity index (χ0v) is 16.0. The van der Waals surface area contributed by atoms with Crippen LogP contribution in [0.1, 0.15) is 38.6 Å². The Morgan fingerprint density at radius 1 is 1.29 bits per heavy atom. The molecule has 146 valence electrons. The van der Waals surface area contributed by atoms with Crippen molar-refractivity contribution in [1.29, 1.82) is 0 Å². The van der Waals surface area contributed by atoms with Gasteiger partial charge in [0.05, 0.1) is 24.1 Å². The summed E-state index contributed by atoms with van der Waals surface area (Å²) in [6, 6.07) is 5.85. The number of carbonyl (C=O) groups is 4. The van der Waals surface area contributed by atoms with Crippen molar-refractivity contribution in [1.82, 2.24) is 10.3 Å². The summed E-state index contributed by atoms with van der Waals surface area (Å²) >= 11 is 1.01. The molecule has 0 unspecified atom stereocenters. The average molecular weight is 402 g/mol. The van der Waals surface area contributed by atoms with Crippen LogP contribution in [0.3, 0.4) is 0 Å². The van der Waals surface area contributed by atoms with Gasteiger partial charge in [0.15, 0.2) is 5.13 Å².